The fraction of sp³-hybridized carbons (Fsp3) is 0.0526. The van der Waals surface area contributed by atoms with Gasteiger partial charge in [0.05, 0.1) is 16.6 Å². The number of hydrogen-bond donors (Lipinski definition) is 2. The van der Waals surface area contributed by atoms with Crippen molar-refractivity contribution in [2.45, 2.75) is 6.42 Å². The van der Waals surface area contributed by atoms with Crippen LogP contribution in [0.5, 0.6) is 0 Å². The molecule has 2 aromatic heterocycles. The molecule has 0 saturated heterocycles. The Balaban J connectivity index is 2.16. The summed E-state index contributed by atoms with van der Waals surface area (Å²) in [5, 5.41) is 21.9. The van der Waals surface area contributed by atoms with Crippen LogP contribution in [0.1, 0.15) is 11.1 Å². The summed E-state index contributed by atoms with van der Waals surface area (Å²) >= 11 is 0. The monoisotopic (exact) mass is 299 g/mol. The highest BCUT2D eigenvalue weighted by Gasteiger charge is 2.23. The Morgan fingerprint density at radius 2 is 1.83 bits per heavy atom. The van der Waals surface area contributed by atoms with Gasteiger partial charge in [0.1, 0.15) is 0 Å². The Hall–Kier alpha value is -2.56. The molecule has 0 atom stereocenters. The molecule has 0 spiro atoms. The first-order chi connectivity index (χ1) is 11.3. The molecule has 110 valence electrons. The number of rotatable bonds is 1. The summed E-state index contributed by atoms with van der Waals surface area (Å²) in [5.74, 6) is 0. The molecule has 0 bridgehead atoms. The molecule has 3 nitrogen and oxygen atoms in total. The summed E-state index contributed by atoms with van der Waals surface area (Å²) in [5.41, 5.74) is 6.15. The largest absolute Gasteiger partial charge is 0.490 e. The fourth-order valence-electron chi connectivity index (χ4n) is 3.87. The normalized spacial score (nSPS) is 13.3. The van der Waals surface area contributed by atoms with Gasteiger partial charge in [-0.3, -0.25) is 0 Å². The van der Waals surface area contributed by atoms with Crippen LogP contribution in [0.25, 0.3) is 33.4 Å². The fourth-order valence-corrected chi connectivity index (χ4v) is 3.87. The molecule has 0 saturated carbocycles. The Morgan fingerprint density at radius 1 is 0.957 bits per heavy atom. The number of aromatic nitrogens is 1. The summed E-state index contributed by atoms with van der Waals surface area (Å²) in [6.45, 7) is 0. The van der Waals surface area contributed by atoms with E-state index in [0.717, 1.165) is 28.2 Å². The second kappa shape index (κ2) is 4.48. The lowest BCUT2D eigenvalue weighted by Gasteiger charge is -2.12. The van der Waals surface area contributed by atoms with Gasteiger partial charge in [-0.05, 0) is 35.1 Å². The highest BCUT2D eigenvalue weighted by molar-refractivity contribution is 6.62. The molecule has 23 heavy (non-hydrogen) atoms. The van der Waals surface area contributed by atoms with Crippen LogP contribution in [0.4, 0.5) is 0 Å². The molecule has 2 N–H and O–H groups in total. The third-order valence-corrected chi connectivity index (χ3v) is 4.79. The molecule has 1 aliphatic carbocycles. The molecule has 0 fully saturated rings. The van der Waals surface area contributed by atoms with Crippen molar-refractivity contribution in [2.75, 3.05) is 0 Å². The van der Waals surface area contributed by atoms with Crippen molar-refractivity contribution in [3.63, 3.8) is 0 Å². The molecule has 2 aromatic carbocycles. The van der Waals surface area contributed by atoms with Gasteiger partial charge in [-0.1, -0.05) is 48.6 Å². The van der Waals surface area contributed by atoms with Crippen LogP contribution in [-0.4, -0.2) is 21.6 Å². The third kappa shape index (κ3) is 1.62. The summed E-state index contributed by atoms with van der Waals surface area (Å²) in [4.78, 5) is 0. The quantitative estimate of drug-likeness (QED) is 0.530. The van der Waals surface area contributed by atoms with Gasteiger partial charge in [-0.25, -0.2) is 0 Å². The standard InChI is InChI=1S/C19H14BNO2/c22-20(23)16-9-4-8-15-14-7-3-6-13-11-12-5-1-2-10-17(12)21(18(13)14)19(15)16/h1-6,8-11,22-23H,7H2. The SMILES string of the molecule is OB(O)c1cccc2c3c4c(cc5ccccc5n4c12)C=CC3. The van der Waals surface area contributed by atoms with Gasteiger partial charge >= 0.3 is 7.12 Å². The second-order valence-corrected chi connectivity index (χ2v) is 6.04. The van der Waals surface area contributed by atoms with E-state index >= 15 is 0 Å². The molecular formula is C19H14BNO2. The molecule has 0 unspecified atom stereocenters. The van der Waals surface area contributed by atoms with E-state index in [0.29, 0.717) is 5.46 Å². The van der Waals surface area contributed by atoms with E-state index in [2.05, 4.69) is 40.8 Å². The summed E-state index contributed by atoms with van der Waals surface area (Å²) in [6, 6.07) is 16.2. The van der Waals surface area contributed by atoms with Crippen molar-refractivity contribution in [3.8, 4) is 0 Å². The molecule has 0 aliphatic heterocycles. The molecule has 0 radical (unpaired) electrons. The van der Waals surface area contributed by atoms with Gasteiger partial charge in [-0.2, -0.15) is 0 Å². The second-order valence-electron chi connectivity index (χ2n) is 6.04. The zero-order valence-electron chi connectivity index (χ0n) is 12.4. The van der Waals surface area contributed by atoms with E-state index in [9.17, 15) is 10.0 Å². The van der Waals surface area contributed by atoms with Crippen molar-refractivity contribution in [3.05, 3.63) is 65.7 Å². The van der Waals surface area contributed by atoms with Crippen LogP contribution in [0.15, 0.2) is 54.6 Å². The molecule has 2 heterocycles. The number of para-hydroxylation sites is 2. The zero-order valence-corrected chi connectivity index (χ0v) is 12.4. The van der Waals surface area contributed by atoms with E-state index in [1.54, 1.807) is 6.07 Å². The van der Waals surface area contributed by atoms with Gasteiger partial charge in [-0.15, -0.1) is 0 Å². The summed E-state index contributed by atoms with van der Waals surface area (Å²) in [7, 11) is -1.49. The summed E-state index contributed by atoms with van der Waals surface area (Å²) in [6.07, 6.45) is 5.19. The smallest absolute Gasteiger partial charge is 0.423 e. The Bertz CT molecular complexity index is 1120. The Morgan fingerprint density at radius 3 is 2.70 bits per heavy atom. The van der Waals surface area contributed by atoms with Crippen LogP contribution in [-0.2, 0) is 6.42 Å². The van der Waals surface area contributed by atoms with Crippen molar-refractivity contribution in [1.82, 2.24) is 4.40 Å². The lowest BCUT2D eigenvalue weighted by molar-refractivity contribution is 0.426. The molecule has 4 aromatic rings. The number of pyridine rings is 1. The van der Waals surface area contributed by atoms with Crippen molar-refractivity contribution >= 4 is 46.0 Å². The molecule has 4 heteroatoms. The average molecular weight is 299 g/mol. The van der Waals surface area contributed by atoms with Crippen LogP contribution in [0, 0.1) is 0 Å². The number of allylic oxidation sites excluding steroid dienone is 1. The van der Waals surface area contributed by atoms with Gasteiger partial charge in [0.2, 0.25) is 0 Å². The number of nitrogens with zero attached hydrogens (tertiary/aromatic N) is 1. The lowest BCUT2D eigenvalue weighted by atomic mass is 9.79. The first kappa shape index (κ1) is 12.9. The van der Waals surface area contributed by atoms with E-state index < -0.39 is 7.12 Å². The maximum atomic E-state index is 9.85. The predicted molar refractivity (Wildman–Crippen MR) is 95.0 cm³/mol. The maximum Gasteiger partial charge on any atom is 0.490 e. The van der Waals surface area contributed by atoms with Gasteiger partial charge < -0.3 is 14.4 Å². The number of fused-ring (bicyclic) bond motifs is 5. The minimum Gasteiger partial charge on any atom is -0.423 e. The first-order valence-corrected chi connectivity index (χ1v) is 7.76. The van der Waals surface area contributed by atoms with Crippen molar-refractivity contribution < 1.29 is 10.0 Å². The van der Waals surface area contributed by atoms with E-state index in [1.807, 2.05) is 18.2 Å². The Labute approximate surface area is 133 Å². The van der Waals surface area contributed by atoms with E-state index in [-0.39, 0.29) is 0 Å². The average Bonchev–Trinajstić information content (AvgIpc) is 2.92. The predicted octanol–water partition coefficient (Wildman–Crippen LogP) is 2.49. The number of hydrogen-bond acceptors (Lipinski definition) is 2. The van der Waals surface area contributed by atoms with Crippen LogP contribution in [0.3, 0.4) is 0 Å². The minimum absolute atomic E-state index is 0.549. The highest BCUT2D eigenvalue weighted by Crippen LogP contribution is 2.35. The van der Waals surface area contributed by atoms with Gasteiger partial charge in [0.25, 0.3) is 0 Å². The number of benzene rings is 2. The molecule has 5 rings (SSSR count). The van der Waals surface area contributed by atoms with Crippen molar-refractivity contribution in [1.29, 1.82) is 0 Å². The zero-order chi connectivity index (χ0) is 15.6. The molecular weight excluding hydrogens is 285 g/mol. The van der Waals surface area contributed by atoms with E-state index in [4.69, 9.17) is 0 Å². The highest BCUT2D eigenvalue weighted by atomic mass is 16.4. The first-order valence-electron chi connectivity index (χ1n) is 7.76. The van der Waals surface area contributed by atoms with E-state index in [1.165, 1.54) is 16.6 Å². The van der Waals surface area contributed by atoms with Crippen molar-refractivity contribution in [2.24, 2.45) is 0 Å². The van der Waals surface area contributed by atoms with Crippen LogP contribution in [0.2, 0.25) is 0 Å². The Kier molecular flexibility index (Phi) is 2.52. The maximum absolute atomic E-state index is 9.85. The van der Waals surface area contributed by atoms with Crippen LogP contribution < -0.4 is 5.46 Å². The van der Waals surface area contributed by atoms with Gasteiger partial charge in [0.15, 0.2) is 0 Å². The summed E-state index contributed by atoms with van der Waals surface area (Å²) < 4.78 is 2.19. The lowest BCUT2D eigenvalue weighted by Crippen LogP contribution is -2.31. The van der Waals surface area contributed by atoms with Crippen LogP contribution >= 0.6 is 0 Å². The molecule has 0 amide bonds. The topological polar surface area (TPSA) is 44.9 Å². The molecule has 1 aliphatic rings. The third-order valence-electron chi connectivity index (χ3n) is 4.79. The minimum atomic E-state index is -1.49. The van der Waals surface area contributed by atoms with Gasteiger partial charge in [0, 0.05) is 10.8 Å².